The summed E-state index contributed by atoms with van der Waals surface area (Å²) in [6, 6.07) is -1.09. The summed E-state index contributed by atoms with van der Waals surface area (Å²) >= 11 is 0. The summed E-state index contributed by atoms with van der Waals surface area (Å²) in [4.78, 5) is 46.5. The predicted octanol–water partition coefficient (Wildman–Crippen LogP) is 1.48. The molecule has 3 rings (SSSR count). The van der Waals surface area contributed by atoms with Crippen molar-refractivity contribution in [1.29, 1.82) is 0 Å². The lowest BCUT2D eigenvalue weighted by molar-refractivity contribution is -0.159. The molecule has 3 saturated heterocycles. The fraction of sp³-hybridized carbons (Fsp3) is 0.652. The van der Waals surface area contributed by atoms with Crippen molar-refractivity contribution >= 4 is 24.1 Å². The highest BCUT2D eigenvalue weighted by atomic mass is 16.8. The number of ether oxygens (including phenoxy) is 6. The highest BCUT2D eigenvalue weighted by molar-refractivity contribution is 5.71. The molecule has 0 aliphatic carbocycles. The first-order valence-corrected chi connectivity index (χ1v) is 11.2. The number of hydrogen-bond donors (Lipinski definition) is 2. The second kappa shape index (κ2) is 10.6. The fourth-order valence-electron chi connectivity index (χ4n) is 4.35. The Morgan fingerprint density at radius 2 is 1.17 bits per heavy atom. The summed E-state index contributed by atoms with van der Waals surface area (Å²) in [5, 5.41) is 5.47. The largest absolute Gasteiger partial charge is 0.461 e. The van der Waals surface area contributed by atoms with Crippen LogP contribution in [-0.2, 0) is 38.0 Å². The predicted molar refractivity (Wildman–Crippen MR) is 119 cm³/mol. The summed E-state index contributed by atoms with van der Waals surface area (Å²) in [6.45, 7) is 13.8. The van der Waals surface area contributed by atoms with Crippen LogP contribution in [0, 0.1) is 0 Å². The standard InChI is InChI=1S/C23H32N2O10/c1-11(9-30-13(3)26)7-15-17(32-21(28)24-15)19-20(35-23(5,6)34-19)18-16(25-22(29)33-18)8-12(2)10-31-14(4)27/h15-20H,1-2,7-10H2,3-6H3,(H,24,28)(H,25,29)/t15-,16-,17+,18+,19+,20+/m0/s1. The molecule has 3 aliphatic heterocycles. The topological polar surface area (TPSA) is 148 Å². The number of amides is 2. The van der Waals surface area contributed by atoms with Crippen LogP contribution in [0.25, 0.3) is 0 Å². The number of nitrogens with one attached hydrogen (secondary N) is 2. The minimum Gasteiger partial charge on any atom is -0.461 e. The summed E-state index contributed by atoms with van der Waals surface area (Å²) in [5.74, 6) is -1.95. The van der Waals surface area contributed by atoms with Crippen molar-refractivity contribution in [2.45, 2.75) is 82.8 Å². The third-order valence-electron chi connectivity index (χ3n) is 5.67. The maximum Gasteiger partial charge on any atom is 0.407 e. The molecule has 6 atom stereocenters. The molecular weight excluding hydrogens is 464 g/mol. The van der Waals surface area contributed by atoms with Crippen LogP contribution in [0.3, 0.4) is 0 Å². The Morgan fingerprint density at radius 1 is 0.800 bits per heavy atom. The minimum atomic E-state index is -1.06. The van der Waals surface area contributed by atoms with Gasteiger partial charge in [0.15, 0.2) is 18.0 Å². The van der Waals surface area contributed by atoms with E-state index in [-0.39, 0.29) is 26.1 Å². The molecule has 0 aromatic carbocycles. The number of rotatable bonds is 10. The molecular formula is C23H32N2O10. The van der Waals surface area contributed by atoms with Gasteiger partial charge in [0.1, 0.15) is 25.4 Å². The summed E-state index contributed by atoms with van der Waals surface area (Å²) in [6.07, 6.45) is -3.93. The Balaban J connectivity index is 1.76. The second-order valence-corrected chi connectivity index (χ2v) is 9.28. The van der Waals surface area contributed by atoms with E-state index in [0.717, 1.165) is 0 Å². The Hall–Kier alpha value is -3.12. The molecule has 3 aliphatic rings. The van der Waals surface area contributed by atoms with Crippen molar-refractivity contribution < 1.29 is 47.6 Å². The fourth-order valence-corrected chi connectivity index (χ4v) is 4.35. The van der Waals surface area contributed by atoms with Gasteiger partial charge in [-0.05, 0) is 37.8 Å². The highest BCUT2D eigenvalue weighted by Gasteiger charge is 2.57. The Labute approximate surface area is 203 Å². The van der Waals surface area contributed by atoms with E-state index in [2.05, 4.69) is 23.8 Å². The second-order valence-electron chi connectivity index (χ2n) is 9.28. The number of cyclic esters (lactones) is 2. The van der Waals surface area contributed by atoms with Gasteiger partial charge in [-0.15, -0.1) is 0 Å². The molecule has 12 heteroatoms. The molecule has 3 fully saturated rings. The summed E-state index contributed by atoms with van der Waals surface area (Å²) in [7, 11) is 0. The lowest BCUT2D eigenvalue weighted by Crippen LogP contribution is -2.51. The lowest BCUT2D eigenvalue weighted by Gasteiger charge is -2.30. The zero-order valence-electron chi connectivity index (χ0n) is 20.3. The molecule has 35 heavy (non-hydrogen) atoms. The number of carbonyl (C=O) groups is 4. The molecule has 0 saturated carbocycles. The quantitative estimate of drug-likeness (QED) is 0.259. The maximum atomic E-state index is 12.2. The zero-order valence-corrected chi connectivity index (χ0v) is 20.3. The van der Waals surface area contributed by atoms with Gasteiger partial charge in [0.25, 0.3) is 0 Å². The van der Waals surface area contributed by atoms with Crippen LogP contribution < -0.4 is 10.6 Å². The summed E-state index contributed by atoms with van der Waals surface area (Å²) in [5.41, 5.74) is 1.15. The molecule has 2 N–H and O–H groups in total. The van der Waals surface area contributed by atoms with Gasteiger partial charge < -0.3 is 39.1 Å². The normalized spacial score (nSPS) is 31.1. The van der Waals surface area contributed by atoms with Crippen LogP contribution in [0.15, 0.2) is 24.3 Å². The molecule has 12 nitrogen and oxygen atoms in total. The van der Waals surface area contributed by atoms with E-state index in [0.29, 0.717) is 11.1 Å². The van der Waals surface area contributed by atoms with E-state index >= 15 is 0 Å². The van der Waals surface area contributed by atoms with Gasteiger partial charge >= 0.3 is 24.1 Å². The Morgan fingerprint density at radius 3 is 1.51 bits per heavy atom. The van der Waals surface area contributed by atoms with Gasteiger partial charge in [0, 0.05) is 13.8 Å². The molecule has 2 amide bonds. The lowest BCUT2D eigenvalue weighted by atomic mass is 9.90. The van der Waals surface area contributed by atoms with Gasteiger partial charge in [0.05, 0.1) is 12.1 Å². The average molecular weight is 497 g/mol. The molecule has 0 bridgehead atoms. The number of hydrogen-bond acceptors (Lipinski definition) is 10. The molecule has 3 heterocycles. The van der Waals surface area contributed by atoms with Crippen molar-refractivity contribution in [3.05, 3.63) is 24.3 Å². The van der Waals surface area contributed by atoms with Crippen LogP contribution in [0.1, 0.15) is 40.5 Å². The van der Waals surface area contributed by atoms with E-state index in [4.69, 9.17) is 28.4 Å². The van der Waals surface area contributed by atoms with Crippen molar-refractivity contribution in [2.24, 2.45) is 0 Å². The molecule has 0 radical (unpaired) electrons. The minimum absolute atomic E-state index is 0.00203. The van der Waals surface area contributed by atoms with Crippen LogP contribution >= 0.6 is 0 Å². The Bertz CT molecular complexity index is 831. The van der Waals surface area contributed by atoms with Crippen molar-refractivity contribution in [3.8, 4) is 0 Å². The van der Waals surface area contributed by atoms with E-state index in [1.807, 2.05) is 0 Å². The molecule has 194 valence electrons. The first-order chi connectivity index (χ1) is 16.3. The van der Waals surface area contributed by atoms with Crippen LogP contribution in [-0.4, -0.2) is 79.6 Å². The highest BCUT2D eigenvalue weighted by Crippen LogP contribution is 2.38. The molecule has 0 unspecified atom stereocenters. The third kappa shape index (κ3) is 6.95. The number of carbonyl (C=O) groups excluding carboxylic acids is 4. The van der Waals surface area contributed by atoms with Gasteiger partial charge in [-0.25, -0.2) is 9.59 Å². The smallest absolute Gasteiger partial charge is 0.407 e. The van der Waals surface area contributed by atoms with Gasteiger partial charge in [-0.2, -0.15) is 0 Å². The summed E-state index contributed by atoms with van der Waals surface area (Å²) < 4.78 is 33.3. The van der Waals surface area contributed by atoms with Crippen molar-refractivity contribution in [1.82, 2.24) is 10.6 Å². The first-order valence-electron chi connectivity index (χ1n) is 11.2. The maximum absolute atomic E-state index is 12.2. The van der Waals surface area contributed by atoms with Gasteiger partial charge in [-0.1, -0.05) is 13.2 Å². The van der Waals surface area contributed by atoms with Crippen LogP contribution in [0.2, 0.25) is 0 Å². The van der Waals surface area contributed by atoms with E-state index in [1.54, 1.807) is 13.8 Å². The number of alkyl carbamates (subject to hydrolysis) is 2. The third-order valence-corrected chi connectivity index (χ3v) is 5.67. The average Bonchev–Trinajstić information content (AvgIpc) is 3.38. The van der Waals surface area contributed by atoms with E-state index in [9.17, 15) is 19.2 Å². The first kappa shape index (κ1) is 26.5. The van der Waals surface area contributed by atoms with E-state index < -0.39 is 66.4 Å². The van der Waals surface area contributed by atoms with Crippen molar-refractivity contribution in [3.63, 3.8) is 0 Å². The zero-order chi connectivity index (χ0) is 25.9. The van der Waals surface area contributed by atoms with Crippen LogP contribution in [0.5, 0.6) is 0 Å². The SMILES string of the molecule is C=C(COC(C)=O)C[C@@H]1NC(=O)O[C@H]1[C@H]1OC(C)(C)O[C@@H]1[C@@H]1OC(=O)N[C@H]1CC(=C)COC(C)=O. The van der Waals surface area contributed by atoms with Crippen LogP contribution in [0.4, 0.5) is 9.59 Å². The molecule has 0 aromatic heterocycles. The monoisotopic (exact) mass is 496 g/mol. The molecule has 0 aromatic rings. The van der Waals surface area contributed by atoms with Gasteiger partial charge in [0.2, 0.25) is 0 Å². The van der Waals surface area contributed by atoms with E-state index in [1.165, 1.54) is 13.8 Å². The number of esters is 2. The Kier molecular flexibility index (Phi) is 8.06. The van der Waals surface area contributed by atoms with Crippen molar-refractivity contribution in [2.75, 3.05) is 13.2 Å². The molecule has 0 spiro atoms. The van der Waals surface area contributed by atoms with Gasteiger partial charge in [-0.3, -0.25) is 9.59 Å².